The van der Waals surface area contributed by atoms with Crippen LogP contribution in [0.15, 0.2) is 0 Å². The Morgan fingerprint density at radius 3 is 1.58 bits per heavy atom. The highest BCUT2D eigenvalue weighted by Crippen LogP contribution is 2.86. The zero-order valence-corrected chi connectivity index (χ0v) is 16.6. The van der Waals surface area contributed by atoms with Gasteiger partial charge in [0.25, 0.3) is 0 Å². The van der Waals surface area contributed by atoms with E-state index in [-0.39, 0.29) is 0 Å². The molecule has 0 fully saturated rings. The quantitative estimate of drug-likeness (QED) is 0.428. The Morgan fingerprint density at radius 1 is 1.00 bits per heavy atom. The van der Waals surface area contributed by atoms with Crippen LogP contribution in [0.1, 0.15) is 0 Å². The van der Waals surface area contributed by atoms with E-state index in [0.29, 0.717) is 4.20 Å². The maximum absolute atomic E-state index is 5.47. The zero-order chi connectivity index (χ0) is 15.2. The van der Waals surface area contributed by atoms with Gasteiger partial charge in [-0.3, -0.25) is 9.34 Å². The Kier molecular flexibility index (Phi) is 5.60. The van der Waals surface area contributed by atoms with Gasteiger partial charge < -0.3 is 24.8 Å². The van der Waals surface area contributed by atoms with Gasteiger partial charge in [0.05, 0.1) is 7.19 Å². The number of nitrogens with zero attached hydrogens (tertiary/aromatic N) is 4. The minimum absolute atomic E-state index is 0.678. The summed E-state index contributed by atoms with van der Waals surface area (Å²) in [5.74, 6) is 1.17. The normalized spacial score (nSPS) is 21.4. The highest BCUT2D eigenvalue weighted by atomic mass is 32.1. The molecule has 0 unspecified atom stereocenters. The van der Waals surface area contributed by atoms with Gasteiger partial charge in [0.15, 0.2) is 7.56 Å². The van der Waals surface area contributed by atoms with Gasteiger partial charge in [-0.15, -0.1) is 0 Å². The van der Waals surface area contributed by atoms with Gasteiger partial charge in [-0.05, 0) is 28.2 Å². The maximum Gasteiger partial charge on any atom is 0.193 e. The van der Waals surface area contributed by atoms with E-state index in [0.717, 1.165) is 0 Å². The summed E-state index contributed by atoms with van der Waals surface area (Å²) < 4.78 is 10.1. The third-order valence-corrected chi connectivity index (χ3v) is 17.1. The summed E-state index contributed by atoms with van der Waals surface area (Å²) in [6.07, 6.45) is 0. The van der Waals surface area contributed by atoms with Gasteiger partial charge >= 0.3 is 0 Å². The molecule has 1 aliphatic rings. The first kappa shape index (κ1) is 17.9. The van der Waals surface area contributed by atoms with Crippen molar-refractivity contribution < 1.29 is 0 Å². The second-order valence-corrected chi connectivity index (χ2v) is 15.2. The standard InChI is InChI=1S/C11H26N4P2S2/c1-12(2)16(13(3)4)9-17(14(5)6,15(7)8)10(16)11(18)19/h9H2,1-8H3. The van der Waals surface area contributed by atoms with Crippen LogP contribution in [0, 0.1) is 0 Å². The highest BCUT2D eigenvalue weighted by molar-refractivity contribution is 8.23. The van der Waals surface area contributed by atoms with Crippen LogP contribution in [0.5, 0.6) is 0 Å². The average Bonchev–Trinajstić information content (AvgIpc) is 2.12. The molecule has 0 radical (unpaired) electrons. The summed E-state index contributed by atoms with van der Waals surface area (Å²) in [6, 6.07) is 0. The molecule has 1 aliphatic heterocycles. The van der Waals surface area contributed by atoms with Crippen molar-refractivity contribution in [3.05, 3.63) is 0 Å². The lowest BCUT2D eigenvalue weighted by atomic mass is 10.9. The lowest BCUT2D eigenvalue weighted by Gasteiger charge is -2.56. The molecule has 1 heterocycles. The van der Waals surface area contributed by atoms with Crippen molar-refractivity contribution in [2.45, 2.75) is 0 Å². The summed E-state index contributed by atoms with van der Waals surface area (Å²) >= 11 is 10.9. The van der Waals surface area contributed by atoms with E-state index >= 15 is 0 Å². The van der Waals surface area contributed by atoms with Crippen molar-refractivity contribution in [1.29, 1.82) is 0 Å². The third kappa shape index (κ3) is 2.45. The molecular weight excluding hydrogens is 314 g/mol. The van der Waals surface area contributed by atoms with E-state index in [1.54, 1.807) is 0 Å². The fourth-order valence-corrected chi connectivity index (χ4v) is 19.0. The Bertz CT molecular complexity index is 412. The fourth-order valence-electron chi connectivity index (χ4n) is 2.86. The lowest BCUT2D eigenvalue weighted by Crippen LogP contribution is -2.49. The predicted molar refractivity (Wildman–Crippen MR) is 98.4 cm³/mol. The molecule has 0 aromatic carbocycles. The molecule has 4 nitrogen and oxygen atoms in total. The molecule has 0 saturated carbocycles. The van der Waals surface area contributed by atoms with Crippen LogP contribution in [-0.2, 0) is 12.6 Å². The summed E-state index contributed by atoms with van der Waals surface area (Å²) in [5, 5.41) is 1.36. The van der Waals surface area contributed by atoms with Crippen LogP contribution in [0.25, 0.3) is 0 Å². The third-order valence-electron chi connectivity index (χ3n) is 3.90. The SMILES string of the molecule is CN(C)P1(N(C)C)=C(C(=S)[S-])[P+](N(C)C)(N(C)C)C1. The van der Waals surface area contributed by atoms with Crippen molar-refractivity contribution >= 4 is 48.8 Å². The maximum atomic E-state index is 5.47. The molecule has 0 atom stereocenters. The Balaban J connectivity index is 3.64. The molecule has 112 valence electrons. The van der Waals surface area contributed by atoms with E-state index in [1.807, 2.05) is 0 Å². The minimum atomic E-state index is -1.51. The molecule has 19 heavy (non-hydrogen) atoms. The van der Waals surface area contributed by atoms with Gasteiger partial charge in [-0.2, -0.15) is 9.34 Å². The number of hydrogen-bond acceptors (Lipinski definition) is 6. The highest BCUT2D eigenvalue weighted by Gasteiger charge is 2.65. The second-order valence-electron chi connectivity index (χ2n) is 5.60. The molecule has 8 heteroatoms. The van der Waals surface area contributed by atoms with E-state index in [9.17, 15) is 0 Å². The van der Waals surface area contributed by atoms with E-state index in [1.165, 1.54) is 10.9 Å². The van der Waals surface area contributed by atoms with Crippen LogP contribution < -0.4 is 0 Å². The minimum Gasteiger partial charge on any atom is -0.425 e. The number of rotatable bonds is 5. The summed E-state index contributed by atoms with van der Waals surface area (Å²) in [6.45, 7) is 0. The molecular formula is C11H26N4P2S2. The molecule has 0 spiro atoms. The summed E-state index contributed by atoms with van der Waals surface area (Å²) in [7, 11) is 14.2. The Hall–Kier alpha value is 0.880. The average molecular weight is 340 g/mol. The van der Waals surface area contributed by atoms with E-state index in [4.69, 9.17) is 24.8 Å². The molecule has 0 aliphatic carbocycles. The Morgan fingerprint density at radius 2 is 1.37 bits per heavy atom. The zero-order valence-electron chi connectivity index (χ0n) is 13.2. The molecule has 1 rings (SSSR count). The lowest BCUT2D eigenvalue weighted by molar-refractivity contribution is 0.544. The van der Waals surface area contributed by atoms with Gasteiger partial charge in [0.1, 0.15) is 10.9 Å². The molecule has 0 N–H and O–H groups in total. The first-order valence-corrected chi connectivity index (χ1v) is 10.7. The molecule has 0 bridgehead atoms. The smallest absolute Gasteiger partial charge is 0.193 e. The van der Waals surface area contributed by atoms with Crippen LogP contribution in [-0.4, -0.2) is 90.2 Å². The van der Waals surface area contributed by atoms with Crippen LogP contribution >= 0.6 is 27.0 Å². The molecule has 0 aromatic heterocycles. The number of hydrogen-bond donors (Lipinski definition) is 0. The van der Waals surface area contributed by atoms with Crippen molar-refractivity contribution in [2.75, 3.05) is 62.3 Å². The molecule has 0 saturated heterocycles. The first-order valence-electron chi connectivity index (χ1n) is 6.12. The largest absolute Gasteiger partial charge is 0.425 e. The monoisotopic (exact) mass is 340 g/mol. The fraction of sp³-hybridized carbons (Fsp3) is 0.818. The van der Waals surface area contributed by atoms with Crippen molar-refractivity contribution in [3.8, 4) is 0 Å². The van der Waals surface area contributed by atoms with Crippen molar-refractivity contribution in [3.63, 3.8) is 0 Å². The van der Waals surface area contributed by atoms with Gasteiger partial charge in [0, 0.05) is 28.2 Å². The van der Waals surface area contributed by atoms with Crippen molar-refractivity contribution in [1.82, 2.24) is 18.7 Å². The second kappa shape index (κ2) is 5.94. The van der Waals surface area contributed by atoms with Gasteiger partial charge in [-0.25, -0.2) is 0 Å². The van der Waals surface area contributed by atoms with Crippen LogP contribution in [0.4, 0.5) is 0 Å². The van der Waals surface area contributed by atoms with Crippen molar-refractivity contribution in [2.24, 2.45) is 0 Å². The van der Waals surface area contributed by atoms with E-state index in [2.05, 4.69) is 75.1 Å². The molecule has 0 amide bonds. The van der Waals surface area contributed by atoms with Gasteiger partial charge in [-0.1, -0.05) is 4.20 Å². The van der Waals surface area contributed by atoms with Crippen LogP contribution in [0.2, 0.25) is 0 Å². The van der Waals surface area contributed by atoms with Gasteiger partial charge in [0.2, 0.25) is 0 Å². The summed E-state index contributed by atoms with van der Waals surface area (Å²) in [4.78, 5) is 0. The Labute approximate surface area is 130 Å². The number of thiocarbonyl (C=S) groups is 1. The topological polar surface area (TPSA) is 13.0 Å². The first-order chi connectivity index (χ1) is 8.55. The summed E-state index contributed by atoms with van der Waals surface area (Å²) in [5.41, 5.74) is 0. The van der Waals surface area contributed by atoms with E-state index < -0.39 is 14.8 Å². The predicted octanol–water partition coefficient (Wildman–Crippen LogP) is 1.90. The van der Waals surface area contributed by atoms with Crippen LogP contribution in [0.3, 0.4) is 0 Å². The molecule has 0 aromatic rings.